The molecule has 7 nitrogen and oxygen atoms in total. The largest absolute Gasteiger partial charge is 0.494 e. The molecule has 3 aliphatic carbocycles. The van der Waals surface area contributed by atoms with E-state index < -0.39 is 5.60 Å². The zero-order valence-electron chi connectivity index (χ0n) is 22.3. The number of fused-ring (bicyclic) bond motifs is 6. The van der Waals surface area contributed by atoms with E-state index in [-0.39, 0.29) is 23.6 Å². The van der Waals surface area contributed by atoms with Crippen LogP contribution in [0.15, 0.2) is 24.3 Å². The molecule has 1 unspecified atom stereocenters. The number of benzene rings is 1. The molecule has 38 heavy (non-hydrogen) atoms. The monoisotopic (exact) mass is 536 g/mol. The molecule has 204 valence electrons. The van der Waals surface area contributed by atoms with Crippen molar-refractivity contribution in [3.63, 3.8) is 0 Å². The van der Waals surface area contributed by atoms with E-state index in [4.69, 9.17) is 4.37 Å². The molecule has 0 amide bonds. The highest BCUT2D eigenvalue weighted by Gasteiger charge is 2.56. The van der Waals surface area contributed by atoms with Crippen LogP contribution in [0.1, 0.15) is 74.8 Å². The van der Waals surface area contributed by atoms with Gasteiger partial charge >= 0.3 is 0 Å². The summed E-state index contributed by atoms with van der Waals surface area (Å²) >= 11 is 1.59. The summed E-state index contributed by atoms with van der Waals surface area (Å²) in [6.45, 7) is 7.87. The normalized spacial score (nSPS) is 31.4. The van der Waals surface area contributed by atoms with Crippen LogP contribution >= 0.6 is 11.5 Å². The van der Waals surface area contributed by atoms with Crippen LogP contribution in [0, 0.1) is 11.8 Å². The summed E-state index contributed by atoms with van der Waals surface area (Å²) in [7, 11) is 0. The Labute approximate surface area is 228 Å². The minimum absolute atomic E-state index is 0.0482. The van der Waals surface area contributed by atoms with Gasteiger partial charge in [0.05, 0.1) is 10.3 Å². The van der Waals surface area contributed by atoms with E-state index in [2.05, 4.69) is 34.1 Å². The van der Waals surface area contributed by atoms with Crippen molar-refractivity contribution in [2.45, 2.75) is 75.9 Å². The van der Waals surface area contributed by atoms with Crippen molar-refractivity contribution >= 4 is 27.4 Å². The van der Waals surface area contributed by atoms with Crippen LogP contribution in [0.5, 0.6) is 11.8 Å². The van der Waals surface area contributed by atoms with Gasteiger partial charge in [-0.15, -0.1) is 0 Å². The van der Waals surface area contributed by atoms with Crippen LogP contribution < -0.4 is 4.90 Å². The predicted molar refractivity (Wildman–Crippen MR) is 151 cm³/mol. The summed E-state index contributed by atoms with van der Waals surface area (Å²) in [4.78, 5) is 5.06. The first-order valence-electron chi connectivity index (χ1n) is 14.6. The Bertz CT molecular complexity index is 1330. The van der Waals surface area contributed by atoms with Crippen LogP contribution in [0.25, 0.3) is 10.1 Å². The molecule has 3 aromatic rings. The maximum atomic E-state index is 11.3. The highest BCUT2D eigenvalue weighted by molar-refractivity contribution is 7.13. The summed E-state index contributed by atoms with van der Waals surface area (Å²) in [5.74, 6) is 2.73. The van der Waals surface area contributed by atoms with Crippen molar-refractivity contribution in [3.8, 4) is 11.8 Å². The Balaban J connectivity index is 1.03. The molecule has 0 spiro atoms. The number of aliphatic hydroxyl groups is 1. The van der Waals surface area contributed by atoms with E-state index in [1.54, 1.807) is 16.1 Å². The fourth-order valence-electron chi connectivity index (χ4n) is 8.28. The Morgan fingerprint density at radius 3 is 2.45 bits per heavy atom. The lowest BCUT2D eigenvalue weighted by Gasteiger charge is -2.40. The summed E-state index contributed by atoms with van der Waals surface area (Å²) in [5.41, 5.74) is 1.01. The van der Waals surface area contributed by atoms with E-state index in [1.807, 2.05) is 6.92 Å². The van der Waals surface area contributed by atoms with Crippen LogP contribution in [-0.4, -0.2) is 67.5 Å². The predicted octanol–water partition coefficient (Wildman–Crippen LogP) is 5.25. The molecule has 3 heterocycles. The van der Waals surface area contributed by atoms with E-state index in [1.165, 1.54) is 29.3 Å². The van der Waals surface area contributed by atoms with Gasteiger partial charge in [-0.05, 0) is 73.5 Å². The topological polar surface area (TPSA) is 85.0 Å². The maximum Gasteiger partial charge on any atom is 0.197 e. The van der Waals surface area contributed by atoms with Crippen molar-refractivity contribution < 1.29 is 15.3 Å². The number of piperazine rings is 1. The van der Waals surface area contributed by atoms with E-state index in [9.17, 15) is 15.3 Å². The summed E-state index contributed by atoms with van der Waals surface area (Å²) in [6.07, 6.45) is 7.08. The van der Waals surface area contributed by atoms with E-state index in [0.717, 1.165) is 62.5 Å². The van der Waals surface area contributed by atoms with Crippen molar-refractivity contribution in [3.05, 3.63) is 35.4 Å². The van der Waals surface area contributed by atoms with Gasteiger partial charge in [0.25, 0.3) is 0 Å². The van der Waals surface area contributed by atoms with Crippen LogP contribution in [-0.2, 0) is 6.54 Å². The highest BCUT2D eigenvalue weighted by Crippen LogP contribution is 2.64. The SMILES string of the molecule is CC[C@@]1(O)C[C@H]2C[C@@H]1c1c2c(O)n(CC2CCCC[C@H]2CN2CCN(c3nsc4ccccc34)CC2)c1O. The molecular formula is C30H40N4O3S. The first kappa shape index (κ1) is 24.7. The molecule has 0 radical (unpaired) electrons. The molecule has 2 bridgehead atoms. The quantitative estimate of drug-likeness (QED) is 0.399. The summed E-state index contributed by atoms with van der Waals surface area (Å²) in [6, 6.07) is 8.52. The van der Waals surface area contributed by atoms with Gasteiger partial charge in [-0.2, -0.15) is 4.37 Å². The lowest BCUT2D eigenvalue weighted by atomic mass is 9.78. The molecule has 2 saturated carbocycles. The Kier molecular flexibility index (Phi) is 6.13. The van der Waals surface area contributed by atoms with Gasteiger partial charge in [0.15, 0.2) is 11.8 Å². The number of nitrogens with zero attached hydrogens (tertiary/aromatic N) is 4. The Hall–Kier alpha value is -2.29. The molecule has 4 aliphatic rings. The first-order chi connectivity index (χ1) is 18.5. The Morgan fingerprint density at radius 1 is 0.974 bits per heavy atom. The first-order valence-corrected chi connectivity index (χ1v) is 15.4. The van der Waals surface area contributed by atoms with Crippen LogP contribution in [0.2, 0.25) is 0 Å². The molecule has 3 N–H and O–H groups in total. The minimum atomic E-state index is -0.742. The average Bonchev–Trinajstić information content (AvgIpc) is 3.68. The maximum absolute atomic E-state index is 11.3. The van der Waals surface area contributed by atoms with Gasteiger partial charge in [0.2, 0.25) is 0 Å². The third-order valence-corrected chi connectivity index (χ3v) is 11.2. The van der Waals surface area contributed by atoms with Gasteiger partial charge < -0.3 is 20.2 Å². The number of anilines is 1. The van der Waals surface area contributed by atoms with Crippen LogP contribution in [0.4, 0.5) is 5.82 Å². The number of rotatable bonds is 6. The van der Waals surface area contributed by atoms with Crippen molar-refractivity contribution in [1.29, 1.82) is 0 Å². The fraction of sp³-hybridized carbons (Fsp3) is 0.633. The second-order valence-electron chi connectivity index (χ2n) is 12.3. The molecule has 7 rings (SSSR count). The molecular weight excluding hydrogens is 496 g/mol. The second-order valence-corrected chi connectivity index (χ2v) is 13.1. The minimum Gasteiger partial charge on any atom is -0.494 e. The highest BCUT2D eigenvalue weighted by atomic mass is 32.1. The van der Waals surface area contributed by atoms with Crippen molar-refractivity contribution in [2.75, 3.05) is 37.6 Å². The zero-order chi connectivity index (χ0) is 26.0. The van der Waals surface area contributed by atoms with E-state index >= 15 is 0 Å². The Morgan fingerprint density at radius 2 is 1.68 bits per heavy atom. The number of aromatic hydroxyl groups is 2. The number of aromatic nitrogens is 2. The molecule has 1 aliphatic heterocycles. The van der Waals surface area contributed by atoms with Gasteiger partial charge in [-0.25, -0.2) is 0 Å². The van der Waals surface area contributed by atoms with Gasteiger partial charge in [-0.1, -0.05) is 31.9 Å². The molecule has 2 aromatic heterocycles. The van der Waals surface area contributed by atoms with Gasteiger partial charge in [0, 0.05) is 61.7 Å². The van der Waals surface area contributed by atoms with Crippen molar-refractivity contribution in [1.82, 2.24) is 13.8 Å². The van der Waals surface area contributed by atoms with Gasteiger partial charge in [0.1, 0.15) is 5.82 Å². The fourth-order valence-corrected chi connectivity index (χ4v) is 9.07. The summed E-state index contributed by atoms with van der Waals surface area (Å²) in [5, 5.41) is 34.9. The molecule has 3 fully saturated rings. The number of hydrogen-bond donors (Lipinski definition) is 3. The lowest BCUT2D eigenvalue weighted by Crippen LogP contribution is -2.49. The third-order valence-electron chi connectivity index (χ3n) is 10.4. The van der Waals surface area contributed by atoms with Crippen LogP contribution in [0.3, 0.4) is 0 Å². The zero-order valence-corrected chi connectivity index (χ0v) is 23.2. The molecule has 8 heteroatoms. The summed E-state index contributed by atoms with van der Waals surface area (Å²) < 4.78 is 7.81. The lowest BCUT2D eigenvalue weighted by molar-refractivity contribution is 0.0206. The average molecular weight is 537 g/mol. The van der Waals surface area contributed by atoms with Gasteiger partial charge in [-0.3, -0.25) is 9.47 Å². The smallest absolute Gasteiger partial charge is 0.197 e. The molecule has 5 atom stereocenters. The molecule has 1 aromatic carbocycles. The van der Waals surface area contributed by atoms with Crippen molar-refractivity contribution in [2.24, 2.45) is 11.8 Å². The molecule has 1 saturated heterocycles. The van der Waals surface area contributed by atoms with E-state index in [0.29, 0.717) is 31.2 Å². The second kappa shape index (κ2) is 9.42. The number of hydrogen-bond acceptors (Lipinski definition) is 7. The third kappa shape index (κ3) is 3.86. The standard InChI is InChI=1S/C30H40N4O3S/c1-2-30(37)16-21-15-23(30)26-25(21)28(35)34(29(26)36)18-20-8-4-3-7-19(20)17-32-11-13-33(14-12-32)27-22-9-5-6-10-24(22)38-31-27/h5-6,9-10,19-21,23,35-37H,2-4,7-8,11-18H2,1H3/t19-,20?,21+,23+,30+/m0/s1.